The SMILES string of the molecule is CC/C=C/C(=O)OCC(=O)Nc1cc(C)nn1-c1ccc(C)cc1. The van der Waals surface area contributed by atoms with Crippen molar-refractivity contribution in [1.29, 1.82) is 0 Å². The molecule has 6 heteroatoms. The maximum atomic E-state index is 12.0. The highest BCUT2D eigenvalue weighted by atomic mass is 16.5. The molecule has 0 aliphatic heterocycles. The first kappa shape index (κ1) is 17.5. The predicted octanol–water partition coefficient (Wildman–Crippen LogP) is 2.94. The lowest BCUT2D eigenvalue weighted by atomic mass is 10.2. The van der Waals surface area contributed by atoms with Crippen LogP contribution in [0.5, 0.6) is 0 Å². The lowest BCUT2D eigenvalue weighted by Crippen LogP contribution is -2.21. The predicted molar refractivity (Wildman–Crippen MR) is 92.1 cm³/mol. The number of nitrogens with one attached hydrogen (secondary N) is 1. The quantitative estimate of drug-likeness (QED) is 0.654. The number of carbonyl (C=O) groups is 2. The Balaban J connectivity index is 2.04. The van der Waals surface area contributed by atoms with E-state index >= 15 is 0 Å². The van der Waals surface area contributed by atoms with Crippen LogP contribution in [-0.2, 0) is 14.3 Å². The lowest BCUT2D eigenvalue weighted by Gasteiger charge is -2.09. The maximum Gasteiger partial charge on any atom is 0.330 e. The topological polar surface area (TPSA) is 73.2 Å². The largest absolute Gasteiger partial charge is 0.452 e. The number of benzene rings is 1. The van der Waals surface area contributed by atoms with E-state index in [1.807, 2.05) is 45.0 Å². The Morgan fingerprint density at radius 2 is 1.96 bits per heavy atom. The second kappa shape index (κ2) is 8.10. The number of hydrogen-bond donors (Lipinski definition) is 1. The van der Waals surface area contributed by atoms with Gasteiger partial charge in [-0.2, -0.15) is 5.10 Å². The van der Waals surface area contributed by atoms with Gasteiger partial charge in [-0.1, -0.05) is 30.7 Å². The molecule has 1 aromatic heterocycles. The summed E-state index contributed by atoms with van der Waals surface area (Å²) >= 11 is 0. The van der Waals surface area contributed by atoms with E-state index in [4.69, 9.17) is 4.74 Å². The number of aromatic nitrogens is 2. The molecule has 0 radical (unpaired) electrons. The fourth-order valence-electron chi connectivity index (χ4n) is 2.05. The van der Waals surface area contributed by atoms with Crippen molar-refractivity contribution in [3.63, 3.8) is 0 Å². The van der Waals surface area contributed by atoms with Crippen LogP contribution in [-0.4, -0.2) is 28.3 Å². The molecule has 1 heterocycles. The Labute approximate surface area is 141 Å². The third kappa shape index (κ3) is 4.81. The van der Waals surface area contributed by atoms with Gasteiger partial charge in [0.1, 0.15) is 5.82 Å². The Hall–Kier alpha value is -2.89. The van der Waals surface area contributed by atoms with Crippen LogP contribution in [0.2, 0.25) is 0 Å². The second-order valence-electron chi connectivity index (χ2n) is 5.38. The van der Waals surface area contributed by atoms with Crippen LogP contribution in [0, 0.1) is 13.8 Å². The smallest absolute Gasteiger partial charge is 0.330 e. The van der Waals surface area contributed by atoms with Crippen molar-refractivity contribution in [1.82, 2.24) is 9.78 Å². The van der Waals surface area contributed by atoms with Crippen molar-refractivity contribution in [2.24, 2.45) is 0 Å². The number of carbonyl (C=O) groups excluding carboxylic acids is 2. The number of rotatable bonds is 6. The summed E-state index contributed by atoms with van der Waals surface area (Å²) in [6.45, 7) is 5.41. The van der Waals surface area contributed by atoms with Crippen LogP contribution in [0.25, 0.3) is 5.69 Å². The van der Waals surface area contributed by atoms with Crippen LogP contribution in [0.4, 0.5) is 5.82 Å². The summed E-state index contributed by atoms with van der Waals surface area (Å²) in [5.74, 6) is -0.418. The summed E-state index contributed by atoms with van der Waals surface area (Å²) in [6, 6.07) is 9.55. The molecule has 0 atom stereocenters. The first-order chi connectivity index (χ1) is 11.5. The van der Waals surface area contributed by atoms with E-state index in [0.717, 1.165) is 23.4 Å². The first-order valence-electron chi connectivity index (χ1n) is 7.76. The number of nitrogens with zero attached hydrogens (tertiary/aromatic N) is 2. The summed E-state index contributed by atoms with van der Waals surface area (Å²) in [4.78, 5) is 23.4. The van der Waals surface area contributed by atoms with Gasteiger partial charge in [-0.15, -0.1) is 0 Å². The average Bonchev–Trinajstić information content (AvgIpc) is 2.92. The van der Waals surface area contributed by atoms with E-state index in [0.29, 0.717) is 5.82 Å². The van der Waals surface area contributed by atoms with E-state index in [-0.39, 0.29) is 6.61 Å². The fraction of sp³-hybridized carbons (Fsp3) is 0.278. The standard InChI is InChI=1S/C18H21N3O3/c1-4-5-6-18(23)24-12-17(22)19-16-11-14(3)20-21(16)15-9-7-13(2)8-10-15/h5-11H,4,12H2,1-3H3,(H,19,22)/b6-5+. The number of anilines is 1. The third-order valence-corrected chi connectivity index (χ3v) is 3.21. The van der Waals surface area contributed by atoms with Gasteiger partial charge in [0.25, 0.3) is 5.91 Å². The van der Waals surface area contributed by atoms with Crippen molar-refractivity contribution in [2.45, 2.75) is 27.2 Å². The summed E-state index contributed by atoms with van der Waals surface area (Å²) in [7, 11) is 0. The molecule has 0 spiro atoms. The van der Waals surface area contributed by atoms with Gasteiger partial charge in [-0.25, -0.2) is 9.48 Å². The van der Waals surface area contributed by atoms with Crippen LogP contribution >= 0.6 is 0 Å². The molecule has 0 fully saturated rings. The van der Waals surface area contributed by atoms with Gasteiger partial charge in [0.2, 0.25) is 0 Å². The van der Waals surface area contributed by atoms with Crippen LogP contribution < -0.4 is 5.32 Å². The molecule has 2 aromatic rings. The molecule has 24 heavy (non-hydrogen) atoms. The van der Waals surface area contributed by atoms with Crippen LogP contribution in [0.1, 0.15) is 24.6 Å². The van der Waals surface area contributed by atoms with Gasteiger partial charge < -0.3 is 10.1 Å². The Bertz CT molecular complexity index is 745. The molecule has 1 aromatic carbocycles. The second-order valence-corrected chi connectivity index (χ2v) is 5.38. The van der Waals surface area contributed by atoms with E-state index in [1.165, 1.54) is 6.08 Å². The van der Waals surface area contributed by atoms with Crippen LogP contribution in [0.3, 0.4) is 0 Å². The summed E-state index contributed by atoms with van der Waals surface area (Å²) in [5, 5.41) is 7.10. The zero-order valence-electron chi connectivity index (χ0n) is 14.1. The van der Waals surface area contributed by atoms with Gasteiger partial charge in [0.15, 0.2) is 6.61 Å². The molecule has 1 amide bonds. The number of esters is 1. The normalized spacial score (nSPS) is 10.8. The molecule has 126 valence electrons. The molecule has 0 aliphatic rings. The number of allylic oxidation sites excluding steroid dienone is 1. The minimum Gasteiger partial charge on any atom is -0.452 e. The van der Waals surface area contributed by atoms with Crippen molar-refractivity contribution < 1.29 is 14.3 Å². The molecule has 0 bridgehead atoms. The summed E-state index contributed by atoms with van der Waals surface area (Å²) in [6.07, 6.45) is 3.72. The van der Waals surface area contributed by atoms with E-state index in [2.05, 4.69) is 10.4 Å². The Morgan fingerprint density at radius 1 is 1.25 bits per heavy atom. The molecule has 0 unspecified atom stereocenters. The van der Waals surface area contributed by atoms with E-state index in [9.17, 15) is 9.59 Å². The van der Waals surface area contributed by atoms with Gasteiger partial charge >= 0.3 is 5.97 Å². The summed E-state index contributed by atoms with van der Waals surface area (Å²) in [5.41, 5.74) is 2.75. The lowest BCUT2D eigenvalue weighted by molar-refractivity contribution is -0.142. The zero-order valence-corrected chi connectivity index (χ0v) is 14.1. The molecular weight excluding hydrogens is 306 g/mol. The third-order valence-electron chi connectivity index (χ3n) is 3.21. The monoisotopic (exact) mass is 327 g/mol. The molecule has 0 aliphatic carbocycles. The van der Waals surface area contributed by atoms with Gasteiger partial charge in [-0.3, -0.25) is 4.79 Å². The minimum atomic E-state index is -0.532. The number of amides is 1. The Kier molecular flexibility index (Phi) is 5.89. The minimum absolute atomic E-state index is 0.342. The van der Waals surface area contributed by atoms with Crippen molar-refractivity contribution in [3.05, 3.63) is 53.7 Å². The van der Waals surface area contributed by atoms with Crippen molar-refractivity contribution in [3.8, 4) is 5.69 Å². The summed E-state index contributed by atoms with van der Waals surface area (Å²) < 4.78 is 6.52. The highest BCUT2D eigenvalue weighted by Gasteiger charge is 2.12. The average molecular weight is 327 g/mol. The number of hydrogen-bond acceptors (Lipinski definition) is 4. The van der Waals surface area contributed by atoms with E-state index < -0.39 is 11.9 Å². The van der Waals surface area contributed by atoms with E-state index in [1.54, 1.807) is 16.8 Å². The van der Waals surface area contributed by atoms with Gasteiger partial charge in [0.05, 0.1) is 11.4 Å². The van der Waals surface area contributed by atoms with Crippen molar-refractivity contribution >= 4 is 17.7 Å². The molecule has 0 saturated heterocycles. The maximum absolute atomic E-state index is 12.0. The highest BCUT2D eigenvalue weighted by Crippen LogP contribution is 2.17. The van der Waals surface area contributed by atoms with Gasteiger partial charge in [0, 0.05) is 12.1 Å². The van der Waals surface area contributed by atoms with Crippen molar-refractivity contribution in [2.75, 3.05) is 11.9 Å². The number of ether oxygens (including phenoxy) is 1. The highest BCUT2D eigenvalue weighted by molar-refractivity contribution is 5.93. The molecule has 0 saturated carbocycles. The van der Waals surface area contributed by atoms with Crippen LogP contribution in [0.15, 0.2) is 42.5 Å². The zero-order chi connectivity index (χ0) is 17.5. The molecule has 2 rings (SSSR count). The molecule has 1 N–H and O–H groups in total. The molecule has 6 nitrogen and oxygen atoms in total. The number of aryl methyl sites for hydroxylation is 2. The van der Waals surface area contributed by atoms with Gasteiger partial charge in [-0.05, 0) is 32.4 Å². The molecular formula is C18H21N3O3. The Morgan fingerprint density at radius 3 is 2.62 bits per heavy atom. The first-order valence-corrected chi connectivity index (χ1v) is 7.76. The fourth-order valence-corrected chi connectivity index (χ4v) is 2.05.